The molecule has 0 atom stereocenters. The van der Waals surface area contributed by atoms with E-state index in [1.54, 1.807) is 11.3 Å². The van der Waals surface area contributed by atoms with E-state index in [2.05, 4.69) is 58.9 Å². The SMILES string of the molecule is CCN(CC)CCCNC(=O)c1ccc2c(c1)sc1nc(-c3ccc(C4(N)CC4)cc3)cn12.O=CO.O=CO. The van der Waals surface area contributed by atoms with E-state index in [1.807, 2.05) is 18.2 Å². The molecule has 0 bridgehead atoms. The normalized spacial score (nSPS) is 13.2. The number of benzene rings is 2. The number of amides is 1. The highest BCUT2D eigenvalue weighted by Gasteiger charge is 2.39. The Bertz CT molecular complexity index is 1380. The van der Waals surface area contributed by atoms with Crippen molar-refractivity contribution in [2.24, 2.45) is 5.73 Å². The molecule has 0 radical (unpaired) electrons. The number of nitrogens with one attached hydrogen (secondary N) is 1. The first-order valence-electron chi connectivity index (χ1n) is 12.8. The first-order valence-corrected chi connectivity index (χ1v) is 13.6. The van der Waals surface area contributed by atoms with E-state index in [9.17, 15) is 4.79 Å². The van der Waals surface area contributed by atoms with Gasteiger partial charge in [-0.25, -0.2) is 4.98 Å². The minimum atomic E-state index is -0.250. The Balaban J connectivity index is 0.000000643. The molecule has 5 rings (SSSR count). The fraction of sp³-hybridized carbons (Fsp3) is 0.357. The average Bonchev–Trinajstić information content (AvgIpc) is 3.41. The van der Waals surface area contributed by atoms with Crippen molar-refractivity contribution in [3.63, 3.8) is 0 Å². The number of nitrogens with zero attached hydrogens (tertiary/aromatic N) is 3. The van der Waals surface area contributed by atoms with Crippen molar-refractivity contribution >= 4 is 45.4 Å². The van der Waals surface area contributed by atoms with Gasteiger partial charge in [0.05, 0.1) is 15.9 Å². The molecule has 1 aliphatic carbocycles. The van der Waals surface area contributed by atoms with Crippen LogP contribution in [0.4, 0.5) is 0 Å². The summed E-state index contributed by atoms with van der Waals surface area (Å²) in [6, 6.07) is 14.4. The molecule has 2 aromatic carbocycles. The van der Waals surface area contributed by atoms with Gasteiger partial charge in [-0.05, 0) is 62.7 Å². The van der Waals surface area contributed by atoms with Gasteiger partial charge in [0.25, 0.3) is 18.9 Å². The summed E-state index contributed by atoms with van der Waals surface area (Å²) in [7, 11) is 0. The van der Waals surface area contributed by atoms with Crippen LogP contribution in [0.25, 0.3) is 26.4 Å². The highest BCUT2D eigenvalue weighted by atomic mass is 32.1. The highest BCUT2D eigenvalue weighted by molar-refractivity contribution is 7.23. The topological polar surface area (TPSA) is 150 Å². The maximum Gasteiger partial charge on any atom is 0.290 e. The molecular formula is C28H35N5O5S. The van der Waals surface area contributed by atoms with Crippen LogP contribution in [0.5, 0.6) is 0 Å². The summed E-state index contributed by atoms with van der Waals surface area (Å²) in [4.78, 5) is 37.5. The quantitative estimate of drug-likeness (QED) is 0.179. The van der Waals surface area contributed by atoms with Gasteiger partial charge in [0.1, 0.15) is 0 Å². The molecule has 1 amide bonds. The first kappa shape index (κ1) is 29.8. The van der Waals surface area contributed by atoms with Crippen LogP contribution in [0, 0.1) is 0 Å². The predicted octanol–water partition coefficient (Wildman–Crippen LogP) is 4.03. The molecule has 2 heterocycles. The third-order valence-electron chi connectivity index (χ3n) is 6.73. The number of nitrogens with two attached hydrogens (primary N) is 1. The average molecular weight is 554 g/mol. The van der Waals surface area contributed by atoms with E-state index in [0.29, 0.717) is 12.1 Å². The predicted molar refractivity (Wildman–Crippen MR) is 153 cm³/mol. The summed E-state index contributed by atoms with van der Waals surface area (Å²) in [5, 5.41) is 16.8. The van der Waals surface area contributed by atoms with Gasteiger partial charge in [-0.15, -0.1) is 0 Å². The molecule has 208 valence electrons. The van der Waals surface area contributed by atoms with Crippen molar-refractivity contribution in [1.82, 2.24) is 19.6 Å². The van der Waals surface area contributed by atoms with Gasteiger partial charge >= 0.3 is 0 Å². The van der Waals surface area contributed by atoms with E-state index in [0.717, 1.165) is 65.3 Å². The Morgan fingerprint density at radius 2 is 1.77 bits per heavy atom. The third kappa shape index (κ3) is 7.41. The summed E-state index contributed by atoms with van der Waals surface area (Å²) in [5.41, 5.74) is 11.2. The lowest BCUT2D eigenvalue weighted by Gasteiger charge is -2.17. The first-order chi connectivity index (χ1) is 18.8. The lowest BCUT2D eigenvalue weighted by molar-refractivity contribution is -0.123. The van der Waals surface area contributed by atoms with Crippen LogP contribution in [-0.2, 0) is 15.1 Å². The summed E-state index contributed by atoms with van der Waals surface area (Å²) < 4.78 is 3.18. The van der Waals surface area contributed by atoms with E-state index in [-0.39, 0.29) is 24.4 Å². The molecule has 5 N–H and O–H groups in total. The second-order valence-corrected chi connectivity index (χ2v) is 10.2. The Hall–Kier alpha value is -3.80. The van der Waals surface area contributed by atoms with Gasteiger partial charge in [0.2, 0.25) is 0 Å². The second kappa shape index (κ2) is 13.8. The second-order valence-electron chi connectivity index (χ2n) is 9.14. The molecule has 1 fully saturated rings. The molecular weight excluding hydrogens is 518 g/mol. The molecule has 39 heavy (non-hydrogen) atoms. The number of imidazole rings is 1. The third-order valence-corrected chi connectivity index (χ3v) is 7.75. The highest BCUT2D eigenvalue weighted by Crippen LogP contribution is 2.43. The lowest BCUT2D eigenvalue weighted by Crippen LogP contribution is -2.29. The Labute approximate surface area is 231 Å². The minimum Gasteiger partial charge on any atom is -0.483 e. The summed E-state index contributed by atoms with van der Waals surface area (Å²) >= 11 is 1.61. The largest absolute Gasteiger partial charge is 0.483 e. The Morgan fingerprint density at radius 3 is 2.36 bits per heavy atom. The van der Waals surface area contributed by atoms with Crippen LogP contribution in [0.2, 0.25) is 0 Å². The van der Waals surface area contributed by atoms with E-state index < -0.39 is 0 Å². The maximum absolute atomic E-state index is 12.6. The van der Waals surface area contributed by atoms with Crippen molar-refractivity contribution in [2.45, 2.75) is 38.6 Å². The van der Waals surface area contributed by atoms with Crippen molar-refractivity contribution in [1.29, 1.82) is 0 Å². The molecule has 1 aliphatic rings. The fourth-order valence-electron chi connectivity index (χ4n) is 4.32. The molecule has 11 heteroatoms. The van der Waals surface area contributed by atoms with Crippen LogP contribution in [-0.4, -0.2) is 69.5 Å². The van der Waals surface area contributed by atoms with Gasteiger partial charge in [0, 0.05) is 29.4 Å². The maximum atomic E-state index is 12.6. The Kier molecular flexibility index (Phi) is 10.6. The summed E-state index contributed by atoms with van der Waals surface area (Å²) in [6.07, 6.45) is 5.16. The number of fused-ring (bicyclic) bond motifs is 3. The number of hydrogen-bond donors (Lipinski definition) is 4. The fourth-order valence-corrected chi connectivity index (χ4v) is 5.37. The Morgan fingerprint density at radius 1 is 1.13 bits per heavy atom. The van der Waals surface area contributed by atoms with Crippen molar-refractivity contribution < 1.29 is 24.6 Å². The van der Waals surface area contributed by atoms with E-state index >= 15 is 0 Å². The van der Waals surface area contributed by atoms with Crippen molar-refractivity contribution in [3.05, 3.63) is 59.8 Å². The van der Waals surface area contributed by atoms with Crippen LogP contribution in [0.1, 0.15) is 49.0 Å². The molecule has 0 unspecified atom stereocenters. The number of thiazole rings is 1. The standard InChI is InChI=1S/C26H31N5OS.2CH2O2/c1-3-30(4-2)15-5-14-28-24(32)19-8-11-22-23(16-19)33-25-29-21(17-31(22)25)18-6-9-20(10-7-18)26(27)12-13-26;2*2-1-3/h6-11,16-17H,3-5,12-15,27H2,1-2H3,(H,28,32);2*1H,(H,2,3). The zero-order chi connectivity index (χ0) is 28.4. The minimum absolute atomic E-state index is 0.0170. The zero-order valence-electron chi connectivity index (χ0n) is 22.2. The van der Waals surface area contributed by atoms with Gasteiger partial charge in [0.15, 0.2) is 4.96 Å². The molecule has 1 saturated carbocycles. The van der Waals surface area contributed by atoms with Crippen LogP contribution in [0.3, 0.4) is 0 Å². The summed E-state index contributed by atoms with van der Waals surface area (Å²) in [5.74, 6) is -0.0170. The zero-order valence-corrected chi connectivity index (χ0v) is 23.0. The van der Waals surface area contributed by atoms with E-state index in [1.165, 1.54) is 5.56 Å². The van der Waals surface area contributed by atoms with Gasteiger partial charge < -0.3 is 26.2 Å². The molecule has 2 aromatic heterocycles. The van der Waals surface area contributed by atoms with Gasteiger partial charge in [-0.1, -0.05) is 49.4 Å². The van der Waals surface area contributed by atoms with E-state index in [4.69, 9.17) is 30.5 Å². The van der Waals surface area contributed by atoms with Crippen LogP contribution < -0.4 is 11.1 Å². The molecule has 0 spiro atoms. The number of aromatic nitrogens is 2. The lowest BCUT2D eigenvalue weighted by atomic mass is 10.0. The molecule has 0 aliphatic heterocycles. The summed E-state index contributed by atoms with van der Waals surface area (Å²) in [6.45, 7) is 7.61. The van der Waals surface area contributed by atoms with Crippen LogP contribution >= 0.6 is 11.3 Å². The van der Waals surface area contributed by atoms with Crippen LogP contribution in [0.15, 0.2) is 48.7 Å². The molecule has 0 saturated heterocycles. The number of hydrogen-bond acceptors (Lipinski definition) is 7. The number of carbonyl (C=O) groups excluding carboxylic acids is 1. The smallest absolute Gasteiger partial charge is 0.290 e. The van der Waals surface area contributed by atoms with Gasteiger partial charge in [-0.2, -0.15) is 0 Å². The molecule has 4 aromatic rings. The number of rotatable bonds is 9. The van der Waals surface area contributed by atoms with Crippen molar-refractivity contribution in [3.8, 4) is 11.3 Å². The monoisotopic (exact) mass is 553 g/mol. The number of carboxylic acid groups (broad SMARTS) is 2. The van der Waals surface area contributed by atoms with Gasteiger partial charge in [-0.3, -0.25) is 18.8 Å². The number of carbonyl (C=O) groups is 3. The van der Waals surface area contributed by atoms with Crippen molar-refractivity contribution in [2.75, 3.05) is 26.2 Å². The molecule has 10 nitrogen and oxygen atoms in total.